The smallest absolute Gasteiger partial charge is 0.668 e. The second kappa shape index (κ2) is 22.5. The Bertz CT molecular complexity index is 76.5. The van der Waals surface area contributed by atoms with Crippen molar-refractivity contribution in [2.75, 3.05) is 14.1 Å². The minimum absolute atomic E-state index is 0. The van der Waals surface area contributed by atoms with Crippen LogP contribution in [-0.2, 0) is 26.2 Å². The maximum Gasteiger partial charge on any atom is 4.00 e. The summed E-state index contributed by atoms with van der Waals surface area (Å²) < 4.78 is 0. The molecule has 0 amide bonds. The molecule has 11 heavy (non-hydrogen) atoms. The Kier molecular flexibility index (Phi) is 45.9. The Morgan fingerprint density at radius 1 is 1.00 bits per heavy atom. The fourth-order valence-electron chi connectivity index (χ4n) is 0.321. The second-order valence-electron chi connectivity index (χ2n) is 1.41. The van der Waals surface area contributed by atoms with Crippen LogP contribution in [0.15, 0.2) is 30.3 Å². The van der Waals surface area contributed by atoms with E-state index in [-0.39, 0.29) is 41.1 Å². The third-order valence-electron chi connectivity index (χ3n) is 0.556. The molecule has 0 N–H and O–H groups in total. The zero-order valence-electron chi connectivity index (χ0n) is 7.83. The van der Waals surface area contributed by atoms with Crippen molar-refractivity contribution >= 4 is 0 Å². The van der Waals surface area contributed by atoms with Crippen molar-refractivity contribution in [1.82, 2.24) is 0 Å². The standard InChI is InChI=1S/C5H5.C2H6N.2CH3.Zr/c1-2-4-5-3-1;1-3-2;;;/h1-5H;1-2H3;2*1H3;/q4*-1;+4. The molecule has 0 saturated carbocycles. The van der Waals surface area contributed by atoms with Crippen molar-refractivity contribution in [1.29, 1.82) is 0 Å². The Labute approximate surface area is 90.7 Å². The molecule has 1 aromatic rings. The molecular weight excluding hydrogens is 213 g/mol. The van der Waals surface area contributed by atoms with E-state index in [9.17, 15) is 0 Å². The number of nitrogens with zero attached hydrogens (tertiary/aromatic N) is 1. The van der Waals surface area contributed by atoms with Crippen molar-refractivity contribution in [3.63, 3.8) is 0 Å². The minimum atomic E-state index is 0. The van der Waals surface area contributed by atoms with Gasteiger partial charge in [-0.3, -0.25) is 0 Å². The van der Waals surface area contributed by atoms with Gasteiger partial charge in [-0.15, -0.1) is 0 Å². The molecule has 1 aromatic carbocycles. The summed E-state index contributed by atoms with van der Waals surface area (Å²) in [7, 11) is 3.50. The van der Waals surface area contributed by atoms with Crippen LogP contribution in [0.25, 0.3) is 5.32 Å². The van der Waals surface area contributed by atoms with Crippen molar-refractivity contribution in [2.24, 2.45) is 0 Å². The van der Waals surface area contributed by atoms with Gasteiger partial charge in [0.15, 0.2) is 0 Å². The van der Waals surface area contributed by atoms with Crippen LogP contribution in [0.4, 0.5) is 0 Å². The molecule has 1 nitrogen and oxygen atoms in total. The molecule has 0 aromatic heterocycles. The first kappa shape index (κ1) is 22.5. The number of hydrogen-bond donors (Lipinski definition) is 0. The maximum absolute atomic E-state index is 3.50. The van der Waals surface area contributed by atoms with E-state index in [1.165, 1.54) is 0 Å². The molecule has 0 unspecified atom stereocenters. The first-order valence-electron chi connectivity index (χ1n) is 2.56. The molecule has 0 radical (unpaired) electrons. The molecule has 1 rings (SSSR count). The minimum Gasteiger partial charge on any atom is -0.668 e. The molecule has 0 aliphatic heterocycles. The van der Waals surface area contributed by atoms with Gasteiger partial charge < -0.3 is 20.2 Å². The fraction of sp³-hybridized carbons (Fsp3) is 0.222. The van der Waals surface area contributed by atoms with Crippen LogP contribution >= 0.6 is 0 Å². The Morgan fingerprint density at radius 3 is 1.36 bits per heavy atom. The molecule has 0 spiro atoms. The monoisotopic (exact) mass is 229 g/mol. The van der Waals surface area contributed by atoms with Gasteiger partial charge in [-0.2, -0.15) is 32.3 Å². The van der Waals surface area contributed by atoms with E-state index in [4.69, 9.17) is 0 Å². The van der Waals surface area contributed by atoms with Crippen LogP contribution in [-0.4, -0.2) is 14.1 Å². The first-order chi connectivity index (χ1) is 3.91. The number of rotatable bonds is 0. The van der Waals surface area contributed by atoms with Crippen molar-refractivity contribution < 1.29 is 26.2 Å². The Hall–Kier alpha value is 0.193. The summed E-state index contributed by atoms with van der Waals surface area (Å²) in [5.74, 6) is 0. The fourth-order valence-corrected chi connectivity index (χ4v) is 0.321. The van der Waals surface area contributed by atoms with Gasteiger partial charge in [0.25, 0.3) is 0 Å². The van der Waals surface area contributed by atoms with Crippen molar-refractivity contribution in [2.45, 2.75) is 0 Å². The molecule has 0 fully saturated rings. The van der Waals surface area contributed by atoms with E-state index in [0.717, 1.165) is 0 Å². The normalized spacial score (nSPS) is 5.27. The Balaban J connectivity index is -0.0000000379. The summed E-state index contributed by atoms with van der Waals surface area (Å²) in [5.41, 5.74) is 0. The largest absolute Gasteiger partial charge is 4.00 e. The molecule has 0 heterocycles. The predicted octanol–water partition coefficient (Wildman–Crippen LogP) is 2.92. The third kappa shape index (κ3) is 25.4. The molecule has 0 atom stereocenters. The molecule has 0 aliphatic rings. The summed E-state index contributed by atoms with van der Waals surface area (Å²) >= 11 is 0. The van der Waals surface area contributed by atoms with Crippen molar-refractivity contribution in [3.05, 3.63) is 50.5 Å². The average molecular weight is 230 g/mol. The van der Waals surface area contributed by atoms with E-state index >= 15 is 0 Å². The molecule has 0 aliphatic carbocycles. The summed E-state index contributed by atoms with van der Waals surface area (Å²) in [6, 6.07) is 10.0. The van der Waals surface area contributed by atoms with Gasteiger partial charge in [0, 0.05) is 0 Å². The van der Waals surface area contributed by atoms with Gasteiger partial charge >= 0.3 is 26.2 Å². The second-order valence-corrected chi connectivity index (χ2v) is 1.41. The van der Waals surface area contributed by atoms with Crippen LogP contribution in [0.3, 0.4) is 0 Å². The molecule has 62 valence electrons. The summed E-state index contributed by atoms with van der Waals surface area (Å²) in [6.07, 6.45) is 0. The zero-order valence-corrected chi connectivity index (χ0v) is 10.3. The van der Waals surface area contributed by atoms with E-state index in [0.29, 0.717) is 0 Å². The van der Waals surface area contributed by atoms with Crippen LogP contribution < -0.4 is 0 Å². The maximum atomic E-state index is 3.50. The van der Waals surface area contributed by atoms with Crippen LogP contribution in [0.2, 0.25) is 0 Å². The van der Waals surface area contributed by atoms with E-state index in [2.05, 4.69) is 5.32 Å². The molecule has 0 saturated heterocycles. The third-order valence-corrected chi connectivity index (χ3v) is 0.556. The van der Waals surface area contributed by atoms with Crippen LogP contribution in [0, 0.1) is 14.9 Å². The van der Waals surface area contributed by atoms with Gasteiger partial charge in [0.05, 0.1) is 0 Å². The average Bonchev–Trinajstić information content (AvgIpc) is 2.17. The van der Waals surface area contributed by atoms with E-state index in [1.807, 2.05) is 30.3 Å². The predicted molar refractivity (Wildman–Crippen MR) is 50.1 cm³/mol. The van der Waals surface area contributed by atoms with Crippen molar-refractivity contribution in [3.8, 4) is 0 Å². The number of hydrogen-bond acceptors (Lipinski definition) is 0. The SMILES string of the molecule is C[N-]C.[CH3-].[CH3-].[Zr+4].c1cc[cH-]c1. The molecule has 2 heteroatoms. The zero-order chi connectivity index (χ0) is 6.24. The summed E-state index contributed by atoms with van der Waals surface area (Å²) in [4.78, 5) is 0. The summed E-state index contributed by atoms with van der Waals surface area (Å²) in [5, 5.41) is 3.50. The first-order valence-corrected chi connectivity index (χ1v) is 2.56. The van der Waals surface area contributed by atoms with Gasteiger partial charge in [-0.1, -0.05) is 0 Å². The quantitative estimate of drug-likeness (QED) is 0.609. The van der Waals surface area contributed by atoms with Crippen LogP contribution in [0.1, 0.15) is 0 Å². The summed E-state index contributed by atoms with van der Waals surface area (Å²) in [6.45, 7) is 0. The molecular formula is C9H17NZr. The van der Waals surface area contributed by atoms with E-state index in [1.54, 1.807) is 14.1 Å². The van der Waals surface area contributed by atoms with Gasteiger partial charge in [-0.25, -0.2) is 12.1 Å². The van der Waals surface area contributed by atoms with Crippen LogP contribution in [0.5, 0.6) is 0 Å². The topological polar surface area (TPSA) is 14.1 Å². The van der Waals surface area contributed by atoms with Gasteiger partial charge in [0.1, 0.15) is 0 Å². The Morgan fingerprint density at radius 2 is 1.27 bits per heavy atom. The van der Waals surface area contributed by atoms with Gasteiger partial charge in [0.2, 0.25) is 0 Å². The van der Waals surface area contributed by atoms with Gasteiger partial charge in [-0.05, 0) is 0 Å². The molecule has 0 bridgehead atoms. The van der Waals surface area contributed by atoms with E-state index < -0.39 is 0 Å².